The molecular formula is C21H28BrNO2. The predicted octanol–water partition coefficient (Wildman–Crippen LogP) is 5.05. The molecule has 0 amide bonds. The minimum Gasteiger partial charge on any atom is -0.491 e. The van der Waals surface area contributed by atoms with E-state index in [1.165, 1.54) is 11.1 Å². The summed E-state index contributed by atoms with van der Waals surface area (Å²) in [5.41, 5.74) is 2.40. The molecule has 0 saturated heterocycles. The molecule has 0 aliphatic carbocycles. The van der Waals surface area contributed by atoms with Crippen LogP contribution in [-0.2, 0) is 0 Å². The standard InChI is InChI=1S/C21H28BrNO2/c1-4-20(16-9-11-17(22)12-10-16)23-13-18(24)14-25-21-8-6-5-7-19(21)15(2)3/h5-12,15,18,20,23-24H,4,13-14H2,1-3H3/t18-,20+/m1/s1. The first-order valence-electron chi connectivity index (χ1n) is 8.89. The van der Waals surface area contributed by atoms with Crippen LogP contribution in [0.15, 0.2) is 53.0 Å². The van der Waals surface area contributed by atoms with E-state index < -0.39 is 6.10 Å². The molecule has 0 fully saturated rings. The van der Waals surface area contributed by atoms with E-state index in [1.807, 2.05) is 30.3 Å². The Morgan fingerprint density at radius 2 is 1.76 bits per heavy atom. The average Bonchev–Trinajstić information content (AvgIpc) is 2.62. The van der Waals surface area contributed by atoms with Gasteiger partial charge in [0.05, 0.1) is 0 Å². The number of para-hydroxylation sites is 1. The molecule has 2 rings (SSSR count). The molecule has 0 aromatic heterocycles. The highest BCUT2D eigenvalue weighted by Crippen LogP contribution is 2.26. The third-order valence-corrected chi connectivity index (χ3v) is 4.78. The van der Waals surface area contributed by atoms with Crippen LogP contribution in [0.25, 0.3) is 0 Å². The first-order chi connectivity index (χ1) is 12.0. The molecule has 0 aliphatic rings. The third kappa shape index (κ3) is 6.14. The van der Waals surface area contributed by atoms with Gasteiger partial charge >= 0.3 is 0 Å². The molecule has 2 N–H and O–H groups in total. The Labute approximate surface area is 159 Å². The lowest BCUT2D eigenvalue weighted by atomic mass is 10.0. The summed E-state index contributed by atoms with van der Waals surface area (Å²) < 4.78 is 6.92. The van der Waals surface area contributed by atoms with Gasteiger partial charge in [-0.05, 0) is 41.7 Å². The second kappa shape index (κ2) is 9.95. The van der Waals surface area contributed by atoms with E-state index in [0.717, 1.165) is 16.6 Å². The highest BCUT2D eigenvalue weighted by molar-refractivity contribution is 9.10. The second-order valence-corrected chi connectivity index (χ2v) is 7.49. The summed E-state index contributed by atoms with van der Waals surface area (Å²) in [4.78, 5) is 0. The van der Waals surface area contributed by atoms with E-state index in [4.69, 9.17) is 4.74 Å². The number of ether oxygens (including phenoxy) is 1. The molecule has 2 aromatic carbocycles. The zero-order chi connectivity index (χ0) is 18.2. The minimum absolute atomic E-state index is 0.228. The van der Waals surface area contributed by atoms with Gasteiger partial charge in [-0.25, -0.2) is 0 Å². The van der Waals surface area contributed by atoms with E-state index in [-0.39, 0.29) is 12.6 Å². The molecule has 0 bridgehead atoms. The lowest BCUT2D eigenvalue weighted by Gasteiger charge is -2.21. The zero-order valence-corrected chi connectivity index (χ0v) is 16.8. The molecular weight excluding hydrogens is 378 g/mol. The highest BCUT2D eigenvalue weighted by Gasteiger charge is 2.13. The minimum atomic E-state index is -0.551. The highest BCUT2D eigenvalue weighted by atomic mass is 79.9. The summed E-state index contributed by atoms with van der Waals surface area (Å²) in [7, 11) is 0. The van der Waals surface area contributed by atoms with Gasteiger partial charge in [-0.15, -0.1) is 0 Å². The van der Waals surface area contributed by atoms with Crippen molar-refractivity contribution >= 4 is 15.9 Å². The molecule has 25 heavy (non-hydrogen) atoms. The van der Waals surface area contributed by atoms with Gasteiger partial charge in [0.1, 0.15) is 18.5 Å². The summed E-state index contributed by atoms with van der Waals surface area (Å²) in [5.74, 6) is 1.25. The SMILES string of the molecule is CC[C@H](NC[C@@H](O)COc1ccccc1C(C)C)c1ccc(Br)cc1. The van der Waals surface area contributed by atoms with Crippen molar-refractivity contribution in [3.8, 4) is 5.75 Å². The van der Waals surface area contributed by atoms with Crippen LogP contribution in [0.3, 0.4) is 0 Å². The predicted molar refractivity (Wildman–Crippen MR) is 107 cm³/mol. The third-order valence-electron chi connectivity index (χ3n) is 4.25. The van der Waals surface area contributed by atoms with Crippen LogP contribution in [0.2, 0.25) is 0 Å². The Bertz CT molecular complexity index is 643. The van der Waals surface area contributed by atoms with Crippen molar-refractivity contribution in [3.63, 3.8) is 0 Å². The average molecular weight is 406 g/mol. The monoisotopic (exact) mass is 405 g/mol. The van der Waals surface area contributed by atoms with Crippen LogP contribution in [0.5, 0.6) is 5.75 Å². The van der Waals surface area contributed by atoms with Gasteiger partial charge in [0.25, 0.3) is 0 Å². The Hall–Kier alpha value is -1.36. The van der Waals surface area contributed by atoms with Crippen molar-refractivity contribution in [3.05, 3.63) is 64.1 Å². The van der Waals surface area contributed by atoms with Gasteiger partial charge in [0, 0.05) is 17.1 Å². The Morgan fingerprint density at radius 3 is 2.40 bits per heavy atom. The first-order valence-corrected chi connectivity index (χ1v) is 9.69. The van der Waals surface area contributed by atoms with Crippen LogP contribution >= 0.6 is 15.9 Å². The van der Waals surface area contributed by atoms with Crippen molar-refractivity contribution in [2.24, 2.45) is 0 Å². The number of nitrogens with one attached hydrogen (secondary N) is 1. The van der Waals surface area contributed by atoms with Gasteiger partial charge < -0.3 is 15.2 Å². The molecule has 3 nitrogen and oxygen atoms in total. The maximum absolute atomic E-state index is 10.3. The fourth-order valence-corrected chi connectivity index (χ4v) is 3.07. The molecule has 136 valence electrons. The van der Waals surface area contributed by atoms with Crippen LogP contribution in [-0.4, -0.2) is 24.4 Å². The second-order valence-electron chi connectivity index (χ2n) is 6.58. The number of halogens is 1. The number of hydrogen-bond acceptors (Lipinski definition) is 3. The van der Waals surface area contributed by atoms with Crippen LogP contribution < -0.4 is 10.1 Å². The zero-order valence-electron chi connectivity index (χ0n) is 15.2. The molecule has 0 radical (unpaired) electrons. The maximum atomic E-state index is 10.3. The van der Waals surface area contributed by atoms with E-state index in [1.54, 1.807) is 0 Å². The van der Waals surface area contributed by atoms with Gasteiger partial charge in [0.2, 0.25) is 0 Å². The molecule has 0 spiro atoms. The smallest absolute Gasteiger partial charge is 0.122 e. The van der Waals surface area contributed by atoms with E-state index in [2.05, 4.69) is 60.2 Å². The van der Waals surface area contributed by atoms with Gasteiger partial charge in [-0.2, -0.15) is 0 Å². The molecule has 4 heteroatoms. The lowest BCUT2D eigenvalue weighted by Crippen LogP contribution is -2.33. The van der Waals surface area contributed by atoms with Crippen LogP contribution in [0, 0.1) is 0 Å². The lowest BCUT2D eigenvalue weighted by molar-refractivity contribution is 0.103. The number of benzene rings is 2. The number of hydrogen-bond donors (Lipinski definition) is 2. The number of rotatable bonds is 9. The first kappa shape index (κ1) is 20.0. The van der Waals surface area contributed by atoms with Gasteiger partial charge in [-0.3, -0.25) is 0 Å². The Morgan fingerprint density at radius 1 is 1.08 bits per heavy atom. The molecule has 0 saturated carbocycles. The van der Waals surface area contributed by atoms with Crippen molar-refractivity contribution < 1.29 is 9.84 Å². The molecule has 2 aromatic rings. The van der Waals surface area contributed by atoms with Gasteiger partial charge in [0.15, 0.2) is 0 Å². The molecule has 0 heterocycles. The van der Waals surface area contributed by atoms with Crippen molar-refractivity contribution in [2.75, 3.05) is 13.2 Å². The van der Waals surface area contributed by atoms with Crippen molar-refractivity contribution in [2.45, 2.75) is 45.3 Å². The summed E-state index contributed by atoms with van der Waals surface area (Å²) in [5, 5.41) is 13.7. The quantitative estimate of drug-likeness (QED) is 0.612. The summed E-state index contributed by atoms with van der Waals surface area (Å²) >= 11 is 3.46. The normalized spacial score (nSPS) is 13.7. The van der Waals surface area contributed by atoms with Gasteiger partial charge in [-0.1, -0.05) is 67.0 Å². The number of aliphatic hydroxyl groups is 1. The summed E-state index contributed by atoms with van der Waals surface area (Å²) in [6.45, 7) is 7.21. The largest absolute Gasteiger partial charge is 0.491 e. The maximum Gasteiger partial charge on any atom is 0.122 e. The van der Waals surface area contributed by atoms with Crippen molar-refractivity contribution in [1.29, 1.82) is 0 Å². The summed E-state index contributed by atoms with van der Waals surface area (Å²) in [6, 6.07) is 16.5. The van der Waals surface area contributed by atoms with Crippen LogP contribution in [0.1, 0.15) is 50.3 Å². The number of aliphatic hydroxyl groups excluding tert-OH is 1. The Balaban J connectivity index is 1.85. The Kier molecular flexibility index (Phi) is 7.94. The molecule has 0 aliphatic heterocycles. The fourth-order valence-electron chi connectivity index (χ4n) is 2.81. The van der Waals surface area contributed by atoms with E-state index >= 15 is 0 Å². The molecule has 2 atom stereocenters. The van der Waals surface area contributed by atoms with E-state index in [0.29, 0.717) is 12.5 Å². The van der Waals surface area contributed by atoms with Crippen molar-refractivity contribution in [1.82, 2.24) is 5.32 Å². The molecule has 0 unspecified atom stereocenters. The topological polar surface area (TPSA) is 41.5 Å². The fraction of sp³-hybridized carbons (Fsp3) is 0.429. The summed E-state index contributed by atoms with van der Waals surface area (Å²) in [6.07, 6.45) is 0.412. The van der Waals surface area contributed by atoms with E-state index in [9.17, 15) is 5.11 Å². The van der Waals surface area contributed by atoms with Crippen LogP contribution in [0.4, 0.5) is 0 Å².